The van der Waals surface area contributed by atoms with Crippen LogP contribution in [0.1, 0.15) is 28.3 Å². The lowest BCUT2D eigenvalue weighted by Gasteiger charge is -2.23. The number of nitrogens with zero attached hydrogens (tertiary/aromatic N) is 2. The Bertz CT molecular complexity index is 1520. The van der Waals surface area contributed by atoms with Crippen molar-refractivity contribution in [2.75, 3.05) is 12.0 Å². The first kappa shape index (κ1) is 22.7. The molecule has 1 amide bonds. The number of methoxy groups -OCH3 is 1. The largest absolute Gasteiger partial charge is 0.507 e. The van der Waals surface area contributed by atoms with E-state index in [0.29, 0.717) is 27.1 Å². The molecule has 0 spiro atoms. The summed E-state index contributed by atoms with van der Waals surface area (Å²) in [4.78, 5) is 32.5. The van der Waals surface area contributed by atoms with Crippen molar-refractivity contribution in [1.29, 1.82) is 0 Å². The molecule has 1 atom stereocenters. The lowest BCUT2D eigenvalue weighted by Crippen LogP contribution is -2.29. The monoisotopic (exact) mass is 488 g/mol. The molecule has 176 valence electrons. The van der Waals surface area contributed by atoms with Crippen LogP contribution in [0.25, 0.3) is 16.0 Å². The average Bonchev–Trinajstić information content (AvgIpc) is 3.38. The van der Waals surface area contributed by atoms with Gasteiger partial charge in [0.1, 0.15) is 17.3 Å². The number of ketones is 1. The molecule has 1 unspecified atom stereocenters. The number of benzene rings is 3. The molecule has 1 aliphatic rings. The molecular formula is C27H21FN2O4S. The van der Waals surface area contributed by atoms with Gasteiger partial charge in [0.15, 0.2) is 5.13 Å². The van der Waals surface area contributed by atoms with E-state index >= 15 is 0 Å². The van der Waals surface area contributed by atoms with Crippen LogP contribution in [0.4, 0.5) is 9.52 Å². The summed E-state index contributed by atoms with van der Waals surface area (Å²) in [6.07, 6.45) is 0. The highest BCUT2D eigenvalue weighted by Crippen LogP contribution is 2.44. The van der Waals surface area contributed by atoms with Gasteiger partial charge in [0.2, 0.25) is 0 Å². The van der Waals surface area contributed by atoms with Crippen LogP contribution < -0.4 is 9.64 Å². The van der Waals surface area contributed by atoms with Crippen molar-refractivity contribution in [3.8, 4) is 5.75 Å². The summed E-state index contributed by atoms with van der Waals surface area (Å²) in [5.41, 5.74) is 3.23. The molecule has 5 rings (SSSR count). The number of hydrogen-bond donors (Lipinski definition) is 1. The summed E-state index contributed by atoms with van der Waals surface area (Å²) in [6.45, 7) is 3.71. The summed E-state index contributed by atoms with van der Waals surface area (Å²) in [7, 11) is 1.54. The minimum absolute atomic E-state index is 0.0284. The van der Waals surface area contributed by atoms with Gasteiger partial charge in [-0.2, -0.15) is 0 Å². The molecule has 6 nitrogen and oxygen atoms in total. The van der Waals surface area contributed by atoms with E-state index in [1.807, 2.05) is 26.0 Å². The van der Waals surface area contributed by atoms with Gasteiger partial charge in [-0.3, -0.25) is 14.5 Å². The van der Waals surface area contributed by atoms with Gasteiger partial charge >= 0.3 is 5.91 Å². The number of amides is 1. The SMILES string of the molecule is COc1ccc(C2/C(=C(\O)c3cc(C)ccc3C)C(=O)C(=O)N2c2nc3ccc(F)cc3s2)cc1. The van der Waals surface area contributed by atoms with Crippen LogP contribution in [0.3, 0.4) is 0 Å². The predicted molar refractivity (Wildman–Crippen MR) is 133 cm³/mol. The third kappa shape index (κ3) is 3.85. The van der Waals surface area contributed by atoms with E-state index in [2.05, 4.69) is 4.98 Å². The molecule has 1 N–H and O–H groups in total. The molecule has 2 heterocycles. The number of hydrogen-bond acceptors (Lipinski definition) is 6. The summed E-state index contributed by atoms with van der Waals surface area (Å²) in [5.74, 6) is -1.68. The number of anilines is 1. The number of ether oxygens (including phenoxy) is 1. The molecular weight excluding hydrogens is 467 g/mol. The van der Waals surface area contributed by atoms with Gasteiger partial charge in [-0.15, -0.1) is 0 Å². The van der Waals surface area contributed by atoms with Crippen LogP contribution in [0.15, 0.2) is 66.2 Å². The number of aliphatic hydroxyl groups excluding tert-OH is 1. The third-order valence-electron chi connectivity index (χ3n) is 6.07. The Balaban J connectivity index is 1.75. The number of Topliss-reactive ketones (excluding diaryl/α,β-unsaturated/α-hetero) is 1. The van der Waals surface area contributed by atoms with Gasteiger partial charge in [0.05, 0.1) is 28.9 Å². The fourth-order valence-electron chi connectivity index (χ4n) is 4.26. The molecule has 3 aromatic carbocycles. The summed E-state index contributed by atoms with van der Waals surface area (Å²) in [6, 6.07) is 15.7. The molecule has 1 aliphatic heterocycles. The Morgan fingerprint density at radius 1 is 1.06 bits per heavy atom. The number of carbonyl (C=O) groups excluding carboxylic acids is 2. The van der Waals surface area contributed by atoms with Crippen molar-refractivity contribution in [3.05, 3.63) is 94.3 Å². The Morgan fingerprint density at radius 2 is 1.80 bits per heavy atom. The van der Waals surface area contributed by atoms with Gasteiger partial charge in [-0.1, -0.05) is 41.2 Å². The number of aryl methyl sites for hydroxylation is 2. The zero-order valence-electron chi connectivity index (χ0n) is 19.2. The standard InChI is InChI=1S/C27H21FN2O4S/c1-14-4-5-15(2)19(12-14)24(31)22-23(16-6-9-18(34-3)10-7-16)30(26(33)25(22)32)27-29-20-11-8-17(28)13-21(20)35-27/h4-13,23,31H,1-3H3/b24-22+. The molecule has 0 radical (unpaired) electrons. The van der Waals surface area contributed by atoms with E-state index in [4.69, 9.17) is 4.74 Å². The Labute approximate surface area is 204 Å². The van der Waals surface area contributed by atoms with Crippen molar-refractivity contribution in [1.82, 2.24) is 4.98 Å². The van der Waals surface area contributed by atoms with E-state index in [9.17, 15) is 19.1 Å². The van der Waals surface area contributed by atoms with Crippen molar-refractivity contribution < 1.29 is 23.8 Å². The minimum atomic E-state index is -0.925. The highest BCUT2D eigenvalue weighted by Gasteiger charge is 2.48. The first-order valence-electron chi connectivity index (χ1n) is 10.9. The zero-order chi connectivity index (χ0) is 24.9. The lowest BCUT2D eigenvalue weighted by atomic mass is 9.93. The van der Waals surface area contributed by atoms with E-state index < -0.39 is 23.5 Å². The van der Waals surface area contributed by atoms with Gasteiger partial charge in [0.25, 0.3) is 5.78 Å². The van der Waals surface area contributed by atoms with Gasteiger partial charge in [-0.05, 0) is 61.4 Å². The number of aromatic nitrogens is 1. The van der Waals surface area contributed by atoms with Gasteiger partial charge < -0.3 is 9.84 Å². The highest BCUT2D eigenvalue weighted by atomic mass is 32.1. The van der Waals surface area contributed by atoms with Crippen LogP contribution in [0.5, 0.6) is 5.75 Å². The maximum Gasteiger partial charge on any atom is 0.301 e. The number of rotatable bonds is 4. The maximum atomic E-state index is 13.8. The normalized spacial score (nSPS) is 17.4. The number of halogens is 1. The molecule has 1 saturated heterocycles. The summed E-state index contributed by atoms with van der Waals surface area (Å²) in [5, 5.41) is 11.6. The molecule has 4 aromatic rings. The maximum absolute atomic E-state index is 13.8. The van der Waals surface area contributed by atoms with Crippen LogP contribution >= 0.6 is 11.3 Å². The van der Waals surface area contributed by atoms with Crippen LogP contribution in [0, 0.1) is 19.7 Å². The lowest BCUT2D eigenvalue weighted by molar-refractivity contribution is -0.132. The molecule has 0 aliphatic carbocycles. The second-order valence-corrected chi connectivity index (χ2v) is 9.38. The smallest absolute Gasteiger partial charge is 0.301 e. The van der Waals surface area contributed by atoms with Gasteiger partial charge in [0, 0.05) is 5.56 Å². The molecule has 35 heavy (non-hydrogen) atoms. The Hall–Kier alpha value is -4.04. The van der Waals surface area contributed by atoms with E-state index in [-0.39, 0.29) is 16.5 Å². The Morgan fingerprint density at radius 3 is 2.51 bits per heavy atom. The molecule has 0 saturated carbocycles. The van der Waals surface area contributed by atoms with Crippen molar-refractivity contribution in [2.45, 2.75) is 19.9 Å². The topological polar surface area (TPSA) is 79.7 Å². The number of aliphatic hydroxyl groups is 1. The average molecular weight is 489 g/mol. The summed E-state index contributed by atoms with van der Waals surface area (Å²) < 4.78 is 19.6. The van der Waals surface area contributed by atoms with E-state index in [0.717, 1.165) is 22.5 Å². The first-order chi connectivity index (χ1) is 16.8. The number of carbonyl (C=O) groups is 2. The van der Waals surface area contributed by atoms with Gasteiger partial charge in [-0.25, -0.2) is 9.37 Å². The second-order valence-electron chi connectivity index (χ2n) is 8.37. The third-order valence-corrected chi connectivity index (χ3v) is 7.09. The molecule has 1 aromatic heterocycles. The van der Waals surface area contributed by atoms with Crippen molar-refractivity contribution in [3.63, 3.8) is 0 Å². The number of thiazole rings is 1. The van der Waals surface area contributed by atoms with Crippen LogP contribution in [-0.2, 0) is 9.59 Å². The van der Waals surface area contributed by atoms with E-state index in [1.54, 1.807) is 37.4 Å². The second kappa shape index (κ2) is 8.63. The minimum Gasteiger partial charge on any atom is -0.507 e. The molecule has 8 heteroatoms. The highest BCUT2D eigenvalue weighted by molar-refractivity contribution is 7.22. The predicted octanol–water partition coefficient (Wildman–Crippen LogP) is 5.69. The van der Waals surface area contributed by atoms with Crippen LogP contribution in [0.2, 0.25) is 0 Å². The van der Waals surface area contributed by atoms with Crippen LogP contribution in [-0.4, -0.2) is 28.9 Å². The first-order valence-corrected chi connectivity index (χ1v) is 11.7. The van der Waals surface area contributed by atoms with Crippen molar-refractivity contribution >= 4 is 44.1 Å². The van der Waals surface area contributed by atoms with Crippen molar-refractivity contribution in [2.24, 2.45) is 0 Å². The fourth-order valence-corrected chi connectivity index (χ4v) is 5.27. The Kier molecular flexibility index (Phi) is 5.61. The summed E-state index contributed by atoms with van der Waals surface area (Å²) >= 11 is 1.11. The van der Waals surface area contributed by atoms with E-state index in [1.165, 1.54) is 23.1 Å². The molecule has 0 bridgehead atoms. The zero-order valence-corrected chi connectivity index (χ0v) is 20.0. The fraction of sp³-hybridized carbons (Fsp3) is 0.148. The molecule has 1 fully saturated rings. The quantitative estimate of drug-likeness (QED) is 0.227. The number of fused-ring (bicyclic) bond motifs is 1.